The van der Waals surface area contributed by atoms with Crippen LogP contribution in [0.3, 0.4) is 0 Å². The van der Waals surface area contributed by atoms with E-state index >= 15 is 0 Å². The monoisotopic (exact) mass is 395 g/mol. The number of hydrogen-bond acceptors (Lipinski definition) is 5. The number of nitrogens with zero attached hydrogens (tertiary/aromatic N) is 3. The van der Waals surface area contributed by atoms with E-state index in [-0.39, 0.29) is 0 Å². The fourth-order valence-corrected chi connectivity index (χ4v) is 4.00. The van der Waals surface area contributed by atoms with E-state index in [1.807, 2.05) is 30.3 Å². The normalized spacial score (nSPS) is 15.9. The maximum absolute atomic E-state index is 13.8. The molecule has 3 aromatic rings. The summed E-state index contributed by atoms with van der Waals surface area (Å²) >= 11 is 1.49. The molecule has 1 aliphatic rings. The first-order valence-corrected chi connectivity index (χ1v) is 9.68. The quantitative estimate of drug-likeness (QED) is 0.646. The van der Waals surface area contributed by atoms with Gasteiger partial charge in [-0.25, -0.2) is 9.07 Å². The van der Waals surface area contributed by atoms with Crippen molar-refractivity contribution in [3.63, 3.8) is 0 Å². The third kappa shape index (κ3) is 3.50. The van der Waals surface area contributed by atoms with Crippen LogP contribution in [0.2, 0.25) is 0 Å². The van der Waals surface area contributed by atoms with Crippen LogP contribution in [0.1, 0.15) is 24.1 Å². The highest BCUT2D eigenvalue weighted by Gasteiger charge is 2.33. The zero-order valence-corrected chi connectivity index (χ0v) is 15.9. The van der Waals surface area contributed by atoms with E-state index in [0.717, 1.165) is 5.56 Å². The van der Waals surface area contributed by atoms with Crippen LogP contribution in [0, 0.1) is 5.82 Å². The first kappa shape index (κ1) is 18.2. The lowest BCUT2D eigenvalue weighted by molar-refractivity contribution is -0.115. The zero-order valence-electron chi connectivity index (χ0n) is 15.1. The number of hydrogen-bond donors (Lipinski definition) is 2. The SMILES string of the molecule is CC1=C(C(N)=O)[C@H](c2cccc(F)c2)n2nc(SCc3ccccc3)nc2N1. The van der Waals surface area contributed by atoms with Crippen LogP contribution in [0.25, 0.3) is 0 Å². The number of carbonyl (C=O) groups is 1. The van der Waals surface area contributed by atoms with Crippen LogP contribution < -0.4 is 11.1 Å². The Morgan fingerprint density at radius 3 is 2.75 bits per heavy atom. The fourth-order valence-electron chi connectivity index (χ4n) is 3.22. The Labute approximate surface area is 165 Å². The van der Waals surface area contributed by atoms with E-state index in [9.17, 15) is 9.18 Å². The number of allylic oxidation sites excluding steroid dienone is 1. The van der Waals surface area contributed by atoms with Gasteiger partial charge in [0, 0.05) is 11.4 Å². The van der Waals surface area contributed by atoms with Gasteiger partial charge in [0.1, 0.15) is 11.9 Å². The minimum Gasteiger partial charge on any atom is -0.366 e. The molecule has 1 aromatic heterocycles. The zero-order chi connectivity index (χ0) is 19.7. The minimum absolute atomic E-state index is 0.336. The van der Waals surface area contributed by atoms with E-state index in [0.29, 0.717) is 33.7 Å². The smallest absolute Gasteiger partial charge is 0.248 e. The Bertz CT molecular complexity index is 1060. The largest absolute Gasteiger partial charge is 0.366 e. The summed E-state index contributed by atoms with van der Waals surface area (Å²) in [6, 6.07) is 15.5. The summed E-state index contributed by atoms with van der Waals surface area (Å²) in [6.07, 6.45) is 0. The highest BCUT2D eigenvalue weighted by atomic mass is 32.2. The van der Waals surface area contributed by atoms with E-state index < -0.39 is 17.8 Å². The number of primary amides is 1. The molecule has 0 radical (unpaired) electrons. The molecule has 8 heteroatoms. The van der Waals surface area contributed by atoms with Crippen molar-refractivity contribution in [2.75, 3.05) is 5.32 Å². The topological polar surface area (TPSA) is 85.8 Å². The predicted octanol–water partition coefficient (Wildman–Crippen LogP) is 3.48. The second-order valence-electron chi connectivity index (χ2n) is 6.42. The number of amides is 1. The maximum atomic E-state index is 13.8. The lowest BCUT2D eigenvalue weighted by Gasteiger charge is -2.27. The van der Waals surface area contributed by atoms with Gasteiger partial charge in [0.25, 0.3) is 0 Å². The molecule has 0 bridgehead atoms. The molecule has 1 aliphatic heterocycles. The van der Waals surface area contributed by atoms with Gasteiger partial charge in [-0.05, 0) is 30.2 Å². The van der Waals surface area contributed by atoms with Gasteiger partial charge in [0.15, 0.2) is 0 Å². The Balaban J connectivity index is 1.71. The predicted molar refractivity (Wildman–Crippen MR) is 106 cm³/mol. The van der Waals surface area contributed by atoms with Crippen LogP contribution >= 0.6 is 11.8 Å². The molecule has 142 valence electrons. The average molecular weight is 395 g/mol. The van der Waals surface area contributed by atoms with Gasteiger partial charge in [-0.2, -0.15) is 4.98 Å². The molecule has 0 saturated heterocycles. The molecule has 6 nitrogen and oxygen atoms in total. The van der Waals surface area contributed by atoms with E-state index in [1.165, 1.54) is 23.9 Å². The number of fused-ring (bicyclic) bond motifs is 1. The van der Waals surface area contributed by atoms with Crippen molar-refractivity contribution in [1.29, 1.82) is 0 Å². The van der Waals surface area contributed by atoms with Crippen molar-refractivity contribution in [1.82, 2.24) is 14.8 Å². The summed E-state index contributed by atoms with van der Waals surface area (Å²) < 4.78 is 15.4. The van der Waals surface area contributed by atoms with Crippen molar-refractivity contribution < 1.29 is 9.18 Å². The fraction of sp³-hybridized carbons (Fsp3) is 0.150. The van der Waals surface area contributed by atoms with Crippen LogP contribution in [0.4, 0.5) is 10.3 Å². The summed E-state index contributed by atoms with van der Waals surface area (Å²) in [6.45, 7) is 1.75. The van der Waals surface area contributed by atoms with E-state index in [1.54, 1.807) is 23.7 Å². The number of carbonyl (C=O) groups excluding carboxylic acids is 1. The number of thioether (sulfide) groups is 1. The number of aromatic nitrogens is 3. The molecule has 0 saturated carbocycles. The number of halogens is 1. The number of anilines is 1. The number of nitrogens with one attached hydrogen (secondary N) is 1. The Morgan fingerprint density at radius 1 is 1.25 bits per heavy atom. The lowest BCUT2D eigenvalue weighted by Crippen LogP contribution is -2.31. The molecule has 0 aliphatic carbocycles. The molecule has 28 heavy (non-hydrogen) atoms. The average Bonchev–Trinajstić information content (AvgIpc) is 3.08. The third-order valence-corrected chi connectivity index (χ3v) is 5.38. The van der Waals surface area contributed by atoms with Crippen LogP contribution in [0.15, 0.2) is 71.0 Å². The summed E-state index contributed by atoms with van der Waals surface area (Å²) in [4.78, 5) is 16.7. The van der Waals surface area contributed by atoms with Gasteiger partial charge in [0.05, 0.1) is 5.57 Å². The van der Waals surface area contributed by atoms with E-state index in [4.69, 9.17) is 5.73 Å². The maximum Gasteiger partial charge on any atom is 0.248 e. The highest BCUT2D eigenvalue weighted by molar-refractivity contribution is 7.98. The number of benzene rings is 2. The molecule has 4 rings (SSSR count). The Hall–Kier alpha value is -3.13. The highest BCUT2D eigenvalue weighted by Crippen LogP contribution is 2.36. The van der Waals surface area contributed by atoms with E-state index in [2.05, 4.69) is 15.4 Å². The van der Waals surface area contributed by atoms with Gasteiger partial charge >= 0.3 is 0 Å². The molecule has 1 atom stereocenters. The Morgan fingerprint density at radius 2 is 2.04 bits per heavy atom. The molecule has 0 unspecified atom stereocenters. The molecule has 2 aromatic carbocycles. The van der Waals surface area contributed by atoms with Crippen molar-refractivity contribution in [3.05, 3.63) is 82.8 Å². The van der Waals surface area contributed by atoms with Crippen molar-refractivity contribution in [2.24, 2.45) is 5.73 Å². The summed E-state index contributed by atoms with van der Waals surface area (Å²) in [5.74, 6) is 0.230. The summed E-state index contributed by atoms with van der Waals surface area (Å²) in [7, 11) is 0. The van der Waals surface area contributed by atoms with Crippen molar-refractivity contribution in [2.45, 2.75) is 23.9 Å². The van der Waals surface area contributed by atoms with Gasteiger partial charge in [0.2, 0.25) is 17.0 Å². The van der Waals surface area contributed by atoms with Crippen LogP contribution in [0.5, 0.6) is 0 Å². The summed E-state index contributed by atoms with van der Waals surface area (Å²) in [5, 5.41) is 8.21. The number of rotatable bonds is 5. The second-order valence-corrected chi connectivity index (χ2v) is 7.36. The molecule has 0 spiro atoms. The molecular weight excluding hydrogens is 377 g/mol. The lowest BCUT2D eigenvalue weighted by atomic mass is 9.95. The molecular formula is C20H18FN5OS. The molecule has 3 N–H and O–H groups in total. The third-order valence-electron chi connectivity index (χ3n) is 4.47. The molecule has 2 heterocycles. The summed E-state index contributed by atoms with van der Waals surface area (Å²) in [5.41, 5.74) is 8.28. The van der Waals surface area contributed by atoms with Crippen LogP contribution in [-0.2, 0) is 10.5 Å². The van der Waals surface area contributed by atoms with Gasteiger partial charge in [-0.15, -0.1) is 5.10 Å². The van der Waals surface area contributed by atoms with Crippen molar-refractivity contribution in [3.8, 4) is 0 Å². The number of nitrogens with two attached hydrogens (primary N) is 1. The van der Waals surface area contributed by atoms with Gasteiger partial charge < -0.3 is 11.1 Å². The molecule has 1 amide bonds. The standard InChI is InChI=1S/C20H18FN5OS/c1-12-16(18(22)27)17(14-8-5-9-15(21)10-14)26-19(23-12)24-20(25-26)28-11-13-6-3-2-4-7-13/h2-10,17H,11H2,1H3,(H2,22,27)(H,23,24,25)/t17-/m0/s1. The Kier molecular flexibility index (Phi) is 4.87. The van der Waals surface area contributed by atoms with Crippen molar-refractivity contribution >= 4 is 23.6 Å². The van der Waals surface area contributed by atoms with Gasteiger partial charge in [-0.3, -0.25) is 4.79 Å². The molecule has 0 fully saturated rings. The van der Waals surface area contributed by atoms with Crippen LogP contribution in [-0.4, -0.2) is 20.7 Å². The van der Waals surface area contributed by atoms with Gasteiger partial charge in [-0.1, -0.05) is 54.2 Å². The first-order valence-electron chi connectivity index (χ1n) is 8.69. The first-order chi connectivity index (χ1) is 13.5. The second kappa shape index (κ2) is 7.47. The minimum atomic E-state index is -0.636.